The number of carbonyl (C=O) groups is 1. The lowest BCUT2D eigenvalue weighted by Crippen LogP contribution is -2.01. The number of hydrogen-bond donors (Lipinski definition) is 0. The minimum atomic E-state index is -0.369. The molecule has 2 aromatic rings. The maximum atomic E-state index is 11.1. The van der Waals surface area contributed by atoms with E-state index >= 15 is 0 Å². The molecule has 1 aromatic heterocycles. The zero-order valence-corrected chi connectivity index (χ0v) is 12.0. The zero-order chi connectivity index (χ0) is 13.7. The minimum Gasteiger partial charge on any atom is -0.488 e. The SMILES string of the molecule is CCOC(=O)/C=C/COc1ccc2ccoc2c1Br. The molecule has 0 aliphatic carbocycles. The van der Waals surface area contributed by atoms with Crippen molar-refractivity contribution < 1.29 is 18.7 Å². The summed E-state index contributed by atoms with van der Waals surface area (Å²) in [7, 11) is 0. The van der Waals surface area contributed by atoms with Crippen LogP contribution in [0.1, 0.15) is 6.92 Å². The van der Waals surface area contributed by atoms with Gasteiger partial charge in [-0.25, -0.2) is 4.79 Å². The van der Waals surface area contributed by atoms with Crippen LogP contribution < -0.4 is 4.74 Å². The molecule has 2 rings (SSSR count). The van der Waals surface area contributed by atoms with Gasteiger partial charge < -0.3 is 13.9 Å². The van der Waals surface area contributed by atoms with E-state index in [1.807, 2.05) is 18.2 Å². The Morgan fingerprint density at radius 2 is 2.26 bits per heavy atom. The molecule has 4 nitrogen and oxygen atoms in total. The van der Waals surface area contributed by atoms with Crippen molar-refractivity contribution >= 4 is 32.9 Å². The van der Waals surface area contributed by atoms with E-state index in [1.165, 1.54) is 6.08 Å². The zero-order valence-electron chi connectivity index (χ0n) is 10.4. The number of halogens is 1. The third kappa shape index (κ3) is 3.38. The van der Waals surface area contributed by atoms with Crippen LogP contribution in [-0.4, -0.2) is 19.2 Å². The molecule has 0 saturated heterocycles. The summed E-state index contributed by atoms with van der Waals surface area (Å²) in [5.74, 6) is 0.294. The van der Waals surface area contributed by atoms with E-state index in [0.29, 0.717) is 12.4 Å². The first-order valence-corrected chi connectivity index (χ1v) is 6.63. The number of benzene rings is 1. The summed E-state index contributed by atoms with van der Waals surface area (Å²) in [5, 5.41) is 1.00. The van der Waals surface area contributed by atoms with Gasteiger partial charge >= 0.3 is 5.97 Å². The number of carbonyl (C=O) groups excluding carboxylic acids is 1. The van der Waals surface area contributed by atoms with Crippen LogP contribution in [0.3, 0.4) is 0 Å². The van der Waals surface area contributed by atoms with E-state index in [4.69, 9.17) is 13.9 Å². The molecule has 0 N–H and O–H groups in total. The number of rotatable bonds is 5. The average molecular weight is 325 g/mol. The molecule has 0 saturated carbocycles. The van der Waals surface area contributed by atoms with Gasteiger partial charge in [-0.3, -0.25) is 0 Å². The second-order valence-corrected chi connectivity index (χ2v) is 4.48. The van der Waals surface area contributed by atoms with Gasteiger partial charge in [-0.2, -0.15) is 0 Å². The van der Waals surface area contributed by atoms with E-state index < -0.39 is 0 Å². The highest BCUT2D eigenvalue weighted by Gasteiger charge is 2.08. The lowest BCUT2D eigenvalue weighted by atomic mass is 10.2. The van der Waals surface area contributed by atoms with Gasteiger partial charge in [-0.1, -0.05) is 0 Å². The van der Waals surface area contributed by atoms with Crippen LogP contribution in [0.5, 0.6) is 5.75 Å². The molecule has 0 aliphatic heterocycles. The normalized spacial score (nSPS) is 11.1. The maximum Gasteiger partial charge on any atom is 0.330 e. The van der Waals surface area contributed by atoms with Gasteiger partial charge in [0.1, 0.15) is 16.8 Å². The van der Waals surface area contributed by atoms with Gasteiger partial charge in [0.05, 0.1) is 12.9 Å². The molecular weight excluding hydrogens is 312 g/mol. The van der Waals surface area contributed by atoms with Gasteiger partial charge in [0, 0.05) is 11.5 Å². The number of esters is 1. The van der Waals surface area contributed by atoms with Gasteiger partial charge in [0.2, 0.25) is 0 Å². The fourth-order valence-corrected chi connectivity index (χ4v) is 2.13. The summed E-state index contributed by atoms with van der Waals surface area (Å²) in [5.41, 5.74) is 0.742. The Balaban J connectivity index is 1.98. The van der Waals surface area contributed by atoms with Crippen LogP contribution in [0.15, 0.2) is 45.5 Å². The summed E-state index contributed by atoms with van der Waals surface area (Å²) in [4.78, 5) is 11.1. The second-order valence-electron chi connectivity index (χ2n) is 3.68. The van der Waals surface area contributed by atoms with Crippen molar-refractivity contribution in [3.05, 3.63) is 41.1 Å². The molecular formula is C14H13BrO4. The van der Waals surface area contributed by atoms with Crippen molar-refractivity contribution in [2.75, 3.05) is 13.2 Å². The smallest absolute Gasteiger partial charge is 0.330 e. The third-order valence-electron chi connectivity index (χ3n) is 2.40. The number of furan rings is 1. The number of ether oxygens (including phenoxy) is 2. The Bertz CT molecular complexity index is 601. The highest BCUT2D eigenvalue weighted by molar-refractivity contribution is 9.10. The molecule has 19 heavy (non-hydrogen) atoms. The van der Waals surface area contributed by atoms with Crippen molar-refractivity contribution in [2.45, 2.75) is 6.92 Å². The molecule has 100 valence electrons. The quantitative estimate of drug-likeness (QED) is 0.621. The monoisotopic (exact) mass is 324 g/mol. The Morgan fingerprint density at radius 3 is 3.05 bits per heavy atom. The standard InChI is InChI=1S/C14H13BrO4/c1-2-17-12(16)4-3-8-18-11-6-5-10-7-9-19-14(10)13(11)15/h3-7,9H,2,8H2,1H3/b4-3+. The minimum absolute atomic E-state index is 0.281. The summed E-state index contributed by atoms with van der Waals surface area (Å²) >= 11 is 3.43. The molecule has 0 atom stereocenters. The Kier molecular flexibility index (Phi) is 4.63. The molecule has 1 aromatic carbocycles. The van der Waals surface area contributed by atoms with Crippen molar-refractivity contribution in [3.8, 4) is 5.75 Å². The molecule has 0 radical (unpaired) electrons. The number of fused-ring (bicyclic) bond motifs is 1. The highest BCUT2D eigenvalue weighted by atomic mass is 79.9. The Morgan fingerprint density at radius 1 is 1.42 bits per heavy atom. The highest BCUT2D eigenvalue weighted by Crippen LogP contribution is 2.33. The van der Waals surface area contributed by atoms with Gasteiger partial charge in [0.15, 0.2) is 5.58 Å². The van der Waals surface area contributed by atoms with Gasteiger partial charge in [-0.05, 0) is 47.1 Å². The van der Waals surface area contributed by atoms with Gasteiger partial charge in [0.25, 0.3) is 0 Å². The van der Waals surface area contributed by atoms with E-state index in [1.54, 1.807) is 19.3 Å². The summed E-state index contributed by atoms with van der Waals surface area (Å²) in [6, 6.07) is 5.64. The fraction of sp³-hybridized carbons (Fsp3) is 0.214. The van der Waals surface area contributed by atoms with Crippen molar-refractivity contribution in [1.82, 2.24) is 0 Å². The first-order chi connectivity index (χ1) is 9.22. The summed E-state index contributed by atoms with van der Waals surface area (Å²) < 4.78 is 16.4. The van der Waals surface area contributed by atoms with E-state index in [0.717, 1.165) is 15.4 Å². The second kappa shape index (κ2) is 6.43. The first kappa shape index (κ1) is 13.7. The average Bonchev–Trinajstić information content (AvgIpc) is 2.86. The first-order valence-electron chi connectivity index (χ1n) is 5.84. The van der Waals surface area contributed by atoms with Crippen LogP contribution in [0.2, 0.25) is 0 Å². The van der Waals surface area contributed by atoms with Crippen LogP contribution >= 0.6 is 15.9 Å². The van der Waals surface area contributed by atoms with E-state index in [9.17, 15) is 4.79 Å². The Labute approximate surface area is 119 Å². The van der Waals surface area contributed by atoms with Crippen LogP contribution in [0.25, 0.3) is 11.0 Å². The van der Waals surface area contributed by atoms with Crippen molar-refractivity contribution in [1.29, 1.82) is 0 Å². The van der Waals surface area contributed by atoms with E-state index in [-0.39, 0.29) is 12.6 Å². The predicted octanol–water partition coefficient (Wildman–Crippen LogP) is 3.69. The molecule has 0 fully saturated rings. The Hall–Kier alpha value is -1.75. The summed E-state index contributed by atoms with van der Waals surface area (Å²) in [6.07, 6.45) is 4.58. The predicted molar refractivity (Wildman–Crippen MR) is 75.2 cm³/mol. The van der Waals surface area contributed by atoms with Gasteiger partial charge in [-0.15, -0.1) is 0 Å². The van der Waals surface area contributed by atoms with Crippen LogP contribution in [0.4, 0.5) is 0 Å². The molecule has 0 unspecified atom stereocenters. The topological polar surface area (TPSA) is 48.7 Å². The molecule has 1 heterocycles. The third-order valence-corrected chi connectivity index (χ3v) is 3.15. The number of hydrogen-bond acceptors (Lipinski definition) is 4. The largest absolute Gasteiger partial charge is 0.488 e. The molecule has 0 aliphatic rings. The molecule has 5 heteroatoms. The lowest BCUT2D eigenvalue weighted by Gasteiger charge is -2.05. The maximum absolute atomic E-state index is 11.1. The lowest BCUT2D eigenvalue weighted by molar-refractivity contribution is -0.137. The fourth-order valence-electron chi connectivity index (χ4n) is 1.56. The van der Waals surface area contributed by atoms with Crippen molar-refractivity contribution in [3.63, 3.8) is 0 Å². The summed E-state index contributed by atoms with van der Waals surface area (Å²) in [6.45, 7) is 2.41. The van der Waals surface area contributed by atoms with Crippen LogP contribution in [0, 0.1) is 0 Å². The van der Waals surface area contributed by atoms with Crippen molar-refractivity contribution in [2.24, 2.45) is 0 Å². The van der Waals surface area contributed by atoms with Crippen LogP contribution in [-0.2, 0) is 9.53 Å². The molecule has 0 spiro atoms. The van der Waals surface area contributed by atoms with E-state index in [2.05, 4.69) is 15.9 Å². The molecule has 0 amide bonds. The molecule has 0 bridgehead atoms.